The molecule has 7 heteroatoms. The number of aliphatic hydroxyl groups is 1. The smallest absolute Gasteiger partial charge is 0.300 e. The number of ether oxygens (including phenoxy) is 3. The van der Waals surface area contributed by atoms with Gasteiger partial charge in [-0.2, -0.15) is 0 Å². The van der Waals surface area contributed by atoms with Gasteiger partial charge in [0.1, 0.15) is 11.5 Å². The van der Waals surface area contributed by atoms with E-state index < -0.39 is 17.7 Å². The molecule has 3 aromatic rings. The summed E-state index contributed by atoms with van der Waals surface area (Å²) in [5, 5.41) is 11.3. The normalized spacial score (nSPS) is 16.8. The lowest BCUT2D eigenvalue weighted by molar-refractivity contribution is -0.132. The molecule has 1 fully saturated rings. The van der Waals surface area contributed by atoms with E-state index in [2.05, 4.69) is 0 Å². The molecule has 1 unspecified atom stereocenters. The molecule has 1 atom stereocenters. The number of methoxy groups -OCH3 is 2. The Bertz CT molecular complexity index is 1290. The number of nitrogens with zero attached hydrogens (tertiary/aromatic N) is 1. The van der Waals surface area contributed by atoms with E-state index in [0.717, 1.165) is 12.0 Å². The van der Waals surface area contributed by atoms with Crippen LogP contribution in [0.2, 0.25) is 0 Å². The molecule has 1 amide bonds. The Morgan fingerprint density at radius 2 is 1.58 bits per heavy atom. The summed E-state index contributed by atoms with van der Waals surface area (Å²) in [6.07, 6.45) is 0.842. The highest BCUT2D eigenvalue weighted by molar-refractivity contribution is 6.51. The second-order valence-electron chi connectivity index (χ2n) is 8.26. The lowest BCUT2D eigenvalue weighted by Gasteiger charge is -2.26. The molecule has 186 valence electrons. The largest absolute Gasteiger partial charge is 0.507 e. The maximum atomic E-state index is 13.4. The highest BCUT2D eigenvalue weighted by atomic mass is 16.5. The minimum Gasteiger partial charge on any atom is -0.507 e. The number of Topliss-reactive ketones (excluding diaryl/α,β-unsaturated/α-hetero) is 1. The van der Waals surface area contributed by atoms with E-state index in [1.54, 1.807) is 68.8 Å². The SMILES string of the molecule is CCOc1cc(C2/C(=C(/O)c3ccc(CC)cc3)C(=O)C(=O)N2c2ccc(OC)cc2)ccc1OC. The molecule has 3 aromatic carbocycles. The maximum absolute atomic E-state index is 13.4. The van der Waals surface area contributed by atoms with Crippen molar-refractivity contribution in [1.29, 1.82) is 0 Å². The van der Waals surface area contributed by atoms with Crippen LogP contribution in [0.1, 0.15) is 36.6 Å². The number of rotatable bonds is 8. The molecule has 0 radical (unpaired) electrons. The van der Waals surface area contributed by atoms with Crippen molar-refractivity contribution < 1.29 is 28.9 Å². The summed E-state index contributed by atoms with van der Waals surface area (Å²) in [6, 6.07) is 18.5. The quantitative estimate of drug-likeness (QED) is 0.264. The third-order valence-corrected chi connectivity index (χ3v) is 6.23. The fourth-order valence-electron chi connectivity index (χ4n) is 4.34. The maximum Gasteiger partial charge on any atom is 0.300 e. The molecule has 0 aliphatic carbocycles. The van der Waals surface area contributed by atoms with Gasteiger partial charge in [-0.1, -0.05) is 37.3 Å². The second-order valence-corrected chi connectivity index (χ2v) is 8.26. The Kier molecular flexibility index (Phi) is 7.29. The Balaban J connectivity index is 1.93. The predicted molar refractivity (Wildman–Crippen MR) is 138 cm³/mol. The molecule has 1 heterocycles. The zero-order valence-corrected chi connectivity index (χ0v) is 20.8. The lowest BCUT2D eigenvalue weighted by atomic mass is 9.94. The summed E-state index contributed by atoms with van der Waals surface area (Å²) in [5.41, 5.74) is 2.66. The first-order chi connectivity index (χ1) is 17.4. The molecular weight excluding hydrogens is 458 g/mol. The summed E-state index contributed by atoms with van der Waals surface area (Å²) in [7, 11) is 3.10. The molecular formula is C29H29NO6. The van der Waals surface area contributed by atoms with Crippen LogP contribution in [0.5, 0.6) is 17.2 Å². The van der Waals surface area contributed by atoms with Gasteiger partial charge in [0.15, 0.2) is 11.5 Å². The van der Waals surface area contributed by atoms with Crippen molar-refractivity contribution in [2.75, 3.05) is 25.7 Å². The number of carbonyl (C=O) groups excluding carboxylic acids is 2. The van der Waals surface area contributed by atoms with Gasteiger partial charge in [0, 0.05) is 11.3 Å². The van der Waals surface area contributed by atoms with Crippen molar-refractivity contribution in [2.24, 2.45) is 0 Å². The fourth-order valence-corrected chi connectivity index (χ4v) is 4.34. The second kappa shape index (κ2) is 10.6. The van der Waals surface area contributed by atoms with Crippen LogP contribution in [0.3, 0.4) is 0 Å². The molecule has 1 aliphatic heterocycles. The number of ketones is 1. The molecule has 4 rings (SSSR count). The number of anilines is 1. The van der Waals surface area contributed by atoms with Crippen molar-refractivity contribution in [3.63, 3.8) is 0 Å². The standard InChI is InChI=1S/C29H29NO6/c1-5-18-7-9-19(10-8-18)27(31)25-26(20-11-16-23(35-4)24(17-20)36-6-2)30(29(33)28(25)32)21-12-14-22(34-3)15-13-21/h7-17,26,31H,5-6H2,1-4H3/b27-25-. The molecule has 7 nitrogen and oxygen atoms in total. The number of benzene rings is 3. The minimum absolute atomic E-state index is 0.00711. The fraction of sp³-hybridized carbons (Fsp3) is 0.241. The van der Waals surface area contributed by atoms with Crippen LogP contribution < -0.4 is 19.1 Å². The Morgan fingerprint density at radius 3 is 2.17 bits per heavy atom. The highest BCUT2D eigenvalue weighted by Crippen LogP contribution is 2.44. The van der Waals surface area contributed by atoms with Gasteiger partial charge < -0.3 is 19.3 Å². The molecule has 0 saturated carbocycles. The third kappa shape index (κ3) is 4.52. The van der Waals surface area contributed by atoms with Crippen LogP contribution >= 0.6 is 0 Å². The molecule has 0 spiro atoms. The average Bonchev–Trinajstić information content (AvgIpc) is 3.18. The van der Waals surface area contributed by atoms with Gasteiger partial charge >= 0.3 is 0 Å². The molecule has 1 aliphatic rings. The summed E-state index contributed by atoms with van der Waals surface area (Å²) in [4.78, 5) is 28.1. The van der Waals surface area contributed by atoms with Crippen molar-refractivity contribution in [3.8, 4) is 17.2 Å². The van der Waals surface area contributed by atoms with E-state index in [1.807, 2.05) is 26.0 Å². The third-order valence-electron chi connectivity index (χ3n) is 6.23. The van der Waals surface area contributed by atoms with Crippen LogP contribution in [0.15, 0.2) is 72.3 Å². The monoisotopic (exact) mass is 487 g/mol. The van der Waals surface area contributed by atoms with Gasteiger partial charge in [-0.15, -0.1) is 0 Å². The number of carbonyl (C=O) groups is 2. The number of amides is 1. The van der Waals surface area contributed by atoms with Crippen LogP contribution in [0.25, 0.3) is 5.76 Å². The molecule has 1 N–H and O–H groups in total. The summed E-state index contributed by atoms with van der Waals surface area (Å²) in [6.45, 7) is 4.30. The number of aliphatic hydroxyl groups excluding tert-OH is 1. The minimum atomic E-state index is -0.880. The zero-order chi connectivity index (χ0) is 25.8. The van der Waals surface area contributed by atoms with Gasteiger partial charge in [-0.25, -0.2) is 0 Å². The number of aryl methyl sites for hydroxylation is 1. The van der Waals surface area contributed by atoms with Gasteiger partial charge in [-0.3, -0.25) is 14.5 Å². The van der Waals surface area contributed by atoms with E-state index >= 15 is 0 Å². The molecule has 36 heavy (non-hydrogen) atoms. The van der Waals surface area contributed by atoms with Crippen molar-refractivity contribution >= 4 is 23.1 Å². The summed E-state index contributed by atoms with van der Waals surface area (Å²) < 4.78 is 16.4. The number of hydrogen-bond acceptors (Lipinski definition) is 6. The van der Waals surface area contributed by atoms with E-state index in [-0.39, 0.29) is 11.3 Å². The molecule has 0 bridgehead atoms. The van der Waals surface area contributed by atoms with Crippen molar-refractivity contribution in [1.82, 2.24) is 0 Å². The first-order valence-corrected chi connectivity index (χ1v) is 11.8. The zero-order valence-electron chi connectivity index (χ0n) is 20.8. The van der Waals surface area contributed by atoms with Gasteiger partial charge in [-0.05, 0) is 60.9 Å². The van der Waals surface area contributed by atoms with Crippen LogP contribution in [-0.4, -0.2) is 37.6 Å². The van der Waals surface area contributed by atoms with Gasteiger partial charge in [0.2, 0.25) is 0 Å². The first-order valence-electron chi connectivity index (χ1n) is 11.8. The van der Waals surface area contributed by atoms with Crippen molar-refractivity contribution in [3.05, 3.63) is 89.0 Å². The Morgan fingerprint density at radius 1 is 0.889 bits per heavy atom. The van der Waals surface area contributed by atoms with E-state index in [1.165, 1.54) is 4.90 Å². The molecule has 1 saturated heterocycles. The topological polar surface area (TPSA) is 85.3 Å². The van der Waals surface area contributed by atoms with Crippen LogP contribution in [0.4, 0.5) is 5.69 Å². The van der Waals surface area contributed by atoms with Crippen LogP contribution in [-0.2, 0) is 16.0 Å². The van der Waals surface area contributed by atoms with E-state index in [9.17, 15) is 14.7 Å². The summed E-state index contributed by atoms with van der Waals surface area (Å²) >= 11 is 0. The molecule has 0 aromatic heterocycles. The van der Waals surface area contributed by atoms with Crippen molar-refractivity contribution in [2.45, 2.75) is 26.3 Å². The van der Waals surface area contributed by atoms with E-state index in [4.69, 9.17) is 14.2 Å². The van der Waals surface area contributed by atoms with Gasteiger partial charge in [0.05, 0.1) is 32.4 Å². The highest BCUT2D eigenvalue weighted by Gasteiger charge is 2.47. The average molecular weight is 488 g/mol. The number of hydrogen-bond donors (Lipinski definition) is 1. The van der Waals surface area contributed by atoms with E-state index in [0.29, 0.717) is 40.7 Å². The lowest BCUT2D eigenvalue weighted by Crippen LogP contribution is -2.29. The first kappa shape index (κ1) is 24.9. The van der Waals surface area contributed by atoms with Gasteiger partial charge in [0.25, 0.3) is 11.7 Å². The Hall–Kier alpha value is -4.26. The Labute approximate surface area is 210 Å². The van der Waals surface area contributed by atoms with Crippen LogP contribution in [0, 0.1) is 0 Å². The predicted octanol–water partition coefficient (Wildman–Crippen LogP) is 5.29. The summed E-state index contributed by atoms with van der Waals surface area (Å²) in [5.74, 6) is -0.105.